The third-order valence-electron chi connectivity index (χ3n) is 2.89. The number of benzene rings is 1. The van der Waals surface area contributed by atoms with Crippen LogP contribution in [0.15, 0.2) is 25.5 Å². The van der Waals surface area contributed by atoms with Gasteiger partial charge in [0.25, 0.3) is 0 Å². The van der Waals surface area contributed by atoms with Crippen LogP contribution in [0.1, 0.15) is 31.5 Å². The Morgan fingerprint density at radius 1 is 1.29 bits per heavy atom. The fourth-order valence-electron chi connectivity index (χ4n) is 1.86. The molecule has 1 aromatic carbocycles. The molecule has 0 radical (unpaired) electrons. The van der Waals surface area contributed by atoms with Gasteiger partial charge in [0, 0.05) is 15.4 Å². The van der Waals surface area contributed by atoms with Crippen LogP contribution in [0.5, 0.6) is 11.5 Å². The average molecular weight is 477 g/mol. The van der Waals surface area contributed by atoms with Crippen LogP contribution in [0, 0.1) is 6.92 Å². The van der Waals surface area contributed by atoms with Gasteiger partial charge >= 0.3 is 0 Å². The van der Waals surface area contributed by atoms with Gasteiger partial charge in [0.1, 0.15) is 0 Å². The van der Waals surface area contributed by atoms with Gasteiger partial charge < -0.3 is 9.47 Å². The molecule has 0 atom stereocenters. The highest BCUT2D eigenvalue weighted by atomic mass is 79.9. The number of aromatic nitrogens is 1. The fourth-order valence-corrected chi connectivity index (χ4v) is 3.44. The van der Waals surface area contributed by atoms with Gasteiger partial charge in [-0.25, -0.2) is 4.98 Å². The van der Waals surface area contributed by atoms with Crippen LogP contribution in [-0.2, 0) is 0 Å². The Hall–Kier alpha value is -1.12. The van der Waals surface area contributed by atoms with Gasteiger partial charge in [-0.1, -0.05) is 6.92 Å². The SMILES string of the molecule is CCCOc1c(OCC)cc(C=NNc2nc(C)cs2)c(Br)c1Br. The first-order chi connectivity index (χ1) is 11.6. The van der Waals surface area contributed by atoms with E-state index in [1.165, 1.54) is 11.3 Å². The number of aryl methyl sites for hydroxylation is 1. The van der Waals surface area contributed by atoms with Gasteiger partial charge in [-0.3, -0.25) is 5.43 Å². The third kappa shape index (κ3) is 4.94. The van der Waals surface area contributed by atoms with Crippen molar-refractivity contribution in [1.82, 2.24) is 4.98 Å². The van der Waals surface area contributed by atoms with E-state index < -0.39 is 0 Å². The van der Waals surface area contributed by atoms with Crippen molar-refractivity contribution < 1.29 is 9.47 Å². The first kappa shape index (κ1) is 19.2. The van der Waals surface area contributed by atoms with Gasteiger partial charge in [-0.05, 0) is 58.2 Å². The molecule has 8 heteroatoms. The van der Waals surface area contributed by atoms with Gasteiger partial charge in [0.15, 0.2) is 11.5 Å². The molecule has 0 amide bonds. The second kappa shape index (κ2) is 9.39. The van der Waals surface area contributed by atoms with Crippen molar-refractivity contribution in [2.45, 2.75) is 27.2 Å². The number of halogens is 2. The maximum Gasteiger partial charge on any atom is 0.203 e. The van der Waals surface area contributed by atoms with E-state index in [1.54, 1.807) is 6.21 Å². The number of hydrogen-bond acceptors (Lipinski definition) is 6. The molecule has 0 saturated heterocycles. The molecule has 1 aromatic heterocycles. The van der Waals surface area contributed by atoms with Crippen molar-refractivity contribution in [2.75, 3.05) is 18.6 Å². The van der Waals surface area contributed by atoms with E-state index in [0.717, 1.165) is 31.8 Å². The molecule has 2 rings (SSSR count). The van der Waals surface area contributed by atoms with Crippen LogP contribution >= 0.6 is 43.2 Å². The molecule has 1 N–H and O–H groups in total. The number of anilines is 1. The zero-order valence-corrected chi connectivity index (χ0v) is 17.7. The van der Waals surface area contributed by atoms with Crippen LogP contribution in [0.25, 0.3) is 0 Å². The molecule has 0 aliphatic heterocycles. The van der Waals surface area contributed by atoms with E-state index in [1.807, 2.05) is 25.3 Å². The third-order valence-corrected chi connectivity index (χ3v) is 5.90. The monoisotopic (exact) mass is 475 g/mol. The minimum atomic E-state index is 0.559. The van der Waals surface area contributed by atoms with E-state index in [-0.39, 0.29) is 0 Å². The molecule has 0 unspecified atom stereocenters. The number of rotatable bonds is 8. The molecule has 24 heavy (non-hydrogen) atoms. The first-order valence-electron chi connectivity index (χ1n) is 7.55. The van der Waals surface area contributed by atoms with E-state index in [4.69, 9.17) is 9.47 Å². The van der Waals surface area contributed by atoms with Crippen LogP contribution < -0.4 is 14.9 Å². The lowest BCUT2D eigenvalue weighted by molar-refractivity contribution is 0.275. The Kier molecular flexibility index (Phi) is 7.51. The molecule has 0 saturated carbocycles. The lowest BCUT2D eigenvalue weighted by Gasteiger charge is -2.15. The highest BCUT2D eigenvalue weighted by molar-refractivity contribution is 9.13. The van der Waals surface area contributed by atoms with Gasteiger partial charge in [-0.2, -0.15) is 5.10 Å². The van der Waals surface area contributed by atoms with Gasteiger partial charge in [0.05, 0.1) is 29.6 Å². The Morgan fingerprint density at radius 3 is 2.71 bits per heavy atom. The minimum Gasteiger partial charge on any atom is -0.490 e. The van der Waals surface area contributed by atoms with E-state index in [0.29, 0.717) is 24.7 Å². The Labute approximate surface area is 162 Å². The summed E-state index contributed by atoms with van der Waals surface area (Å²) in [7, 11) is 0. The molecular formula is C16H19Br2N3O2S. The molecule has 0 spiro atoms. The van der Waals surface area contributed by atoms with E-state index in [2.05, 4.69) is 54.3 Å². The first-order valence-corrected chi connectivity index (χ1v) is 10.0. The van der Waals surface area contributed by atoms with Crippen molar-refractivity contribution in [1.29, 1.82) is 0 Å². The number of nitrogens with one attached hydrogen (secondary N) is 1. The molecule has 130 valence electrons. The van der Waals surface area contributed by atoms with Crippen LogP contribution in [0.3, 0.4) is 0 Å². The smallest absolute Gasteiger partial charge is 0.203 e. The zero-order chi connectivity index (χ0) is 17.5. The van der Waals surface area contributed by atoms with Gasteiger partial charge in [-0.15, -0.1) is 11.3 Å². The summed E-state index contributed by atoms with van der Waals surface area (Å²) in [6.45, 7) is 7.14. The normalized spacial score (nSPS) is 11.0. The van der Waals surface area contributed by atoms with Crippen molar-refractivity contribution in [3.05, 3.63) is 31.6 Å². The van der Waals surface area contributed by atoms with Crippen molar-refractivity contribution >= 4 is 54.5 Å². The molecular weight excluding hydrogens is 458 g/mol. The lowest BCUT2D eigenvalue weighted by Crippen LogP contribution is -2.03. The highest BCUT2D eigenvalue weighted by Gasteiger charge is 2.16. The summed E-state index contributed by atoms with van der Waals surface area (Å²) in [4.78, 5) is 4.30. The Morgan fingerprint density at radius 2 is 2.08 bits per heavy atom. The second-order valence-corrected chi connectivity index (χ2v) is 7.31. The summed E-state index contributed by atoms with van der Waals surface area (Å²) >= 11 is 8.68. The fraction of sp³-hybridized carbons (Fsp3) is 0.375. The molecule has 0 fully saturated rings. The number of hydrogen-bond donors (Lipinski definition) is 1. The maximum atomic E-state index is 5.81. The molecule has 1 heterocycles. The maximum absolute atomic E-state index is 5.81. The summed E-state index contributed by atoms with van der Waals surface area (Å²) in [6.07, 6.45) is 2.65. The van der Waals surface area contributed by atoms with Crippen LogP contribution in [-0.4, -0.2) is 24.4 Å². The molecule has 2 aromatic rings. The summed E-state index contributed by atoms with van der Waals surface area (Å²) in [5, 5.41) is 6.97. The number of hydrazone groups is 1. The molecule has 0 bridgehead atoms. The number of ether oxygens (including phenoxy) is 2. The van der Waals surface area contributed by atoms with E-state index in [9.17, 15) is 0 Å². The molecule has 0 aliphatic rings. The largest absolute Gasteiger partial charge is 0.490 e. The zero-order valence-electron chi connectivity index (χ0n) is 13.7. The summed E-state index contributed by atoms with van der Waals surface area (Å²) in [5.74, 6) is 1.39. The topological polar surface area (TPSA) is 55.7 Å². The number of thiazole rings is 1. The molecule has 0 aliphatic carbocycles. The van der Waals surface area contributed by atoms with Crippen molar-refractivity contribution in [2.24, 2.45) is 5.10 Å². The van der Waals surface area contributed by atoms with Crippen molar-refractivity contribution in [3.8, 4) is 11.5 Å². The minimum absolute atomic E-state index is 0.559. The predicted octanol–water partition coefficient (Wildman–Crippen LogP) is 5.61. The lowest BCUT2D eigenvalue weighted by atomic mass is 10.2. The summed E-state index contributed by atoms with van der Waals surface area (Å²) in [6, 6.07) is 1.90. The summed E-state index contributed by atoms with van der Waals surface area (Å²) in [5.41, 5.74) is 4.77. The quantitative estimate of drug-likeness (QED) is 0.397. The number of nitrogens with zero attached hydrogens (tertiary/aromatic N) is 2. The summed E-state index contributed by atoms with van der Waals surface area (Å²) < 4.78 is 13.2. The van der Waals surface area contributed by atoms with E-state index >= 15 is 0 Å². The van der Waals surface area contributed by atoms with Crippen LogP contribution in [0.4, 0.5) is 5.13 Å². The predicted molar refractivity (Wildman–Crippen MR) is 107 cm³/mol. The second-order valence-electron chi connectivity index (χ2n) is 4.87. The Balaban J connectivity index is 2.25. The standard InChI is InChI=1S/C16H19Br2N3O2S/c1-4-6-23-15-12(22-5-2)7-11(13(17)14(15)18)8-19-21-16-20-10(3)9-24-16/h7-9H,4-6H2,1-3H3,(H,20,21). The van der Waals surface area contributed by atoms with Gasteiger partial charge in [0.2, 0.25) is 5.13 Å². The highest BCUT2D eigenvalue weighted by Crippen LogP contribution is 2.42. The molecule has 5 nitrogen and oxygen atoms in total. The average Bonchev–Trinajstić information content (AvgIpc) is 2.97. The Bertz CT molecular complexity index is 720. The van der Waals surface area contributed by atoms with Crippen molar-refractivity contribution in [3.63, 3.8) is 0 Å². The van der Waals surface area contributed by atoms with Crippen LogP contribution in [0.2, 0.25) is 0 Å².